The van der Waals surface area contributed by atoms with Crippen LogP contribution in [0.4, 0.5) is 0 Å². The number of aromatic nitrogens is 1. The van der Waals surface area contributed by atoms with E-state index in [0.717, 1.165) is 36.0 Å². The number of likely N-dealkylation sites (tertiary alicyclic amines) is 1. The van der Waals surface area contributed by atoms with Gasteiger partial charge >= 0.3 is 5.97 Å². The molecule has 0 amide bonds. The van der Waals surface area contributed by atoms with Crippen LogP contribution in [0, 0.1) is 35.5 Å². The van der Waals surface area contributed by atoms with Crippen LogP contribution < -0.4 is 0 Å². The molecule has 2 unspecified atom stereocenters. The van der Waals surface area contributed by atoms with E-state index in [1.807, 2.05) is 45.9 Å². The lowest BCUT2D eigenvalue weighted by atomic mass is 9.79. The highest BCUT2D eigenvalue weighted by Crippen LogP contribution is 2.35. The van der Waals surface area contributed by atoms with Crippen LogP contribution in [-0.4, -0.2) is 124 Å². The minimum absolute atomic E-state index is 0.00272. The first-order valence-electron chi connectivity index (χ1n) is 21.4. The Hall–Kier alpha value is -2.90. The second-order valence-electron chi connectivity index (χ2n) is 18.1. The fourth-order valence-electron chi connectivity index (χ4n) is 9.67. The van der Waals surface area contributed by atoms with Crippen LogP contribution in [-0.2, 0) is 30.3 Å². The number of carbonyl (C=O) groups excluding carboxylic acids is 2. The number of allylic oxidation sites excluding steroid dienone is 3. The van der Waals surface area contributed by atoms with Crippen molar-refractivity contribution in [3.05, 3.63) is 60.5 Å². The Bertz CT molecular complexity index is 1630. The van der Waals surface area contributed by atoms with E-state index >= 15 is 0 Å². The van der Waals surface area contributed by atoms with E-state index in [1.165, 1.54) is 6.42 Å². The van der Waals surface area contributed by atoms with E-state index < -0.39 is 60.8 Å². The van der Waals surface area contributed by atoms with Gasteiger partial charge in [0.05, 0.1) is 36.9 Å². The molecule has 318 valence electrons. The molecule has 0 saturated carbocycles. The smallest absolute Gasteiger partial charge is 0.308 e. The van der Waals surface area contributed by atoms with E-state index in [0.29, 0.717) is 37.6 Å². The second-order valence-corrected chi connectivity index (χ2v) is 18.1. The quantitative estimate of drug-likeness (QED) is 0.266. The predicted octanol–water partition coefficient (Wildman–Crippen LogP) is 5.84. The summed E-state index contributed by atoms with van der Waals surface area (Å²) in [6, 6.07) is 7.52. The molecule has 1 aromatic carbocycles. The molecule has 0 aliphatic carbocycles. The lowest BCUT2D eigenvalue weighted by molar-refractivity contribution is -0.304. The number of rotatable bonds is 9. The largest absolute Gasteiger partial charge is 0.462 e. The zero-order chi connectivity index (χ0) is 41.6. The van der Waals surface area contributed by atoms with E-state index in [2.05, 4.69) is 53.9 Å². The number of nitrogens with zero attached hydrogens (tertiary/aromatic N) is 3. The Morgan fingerprint density at radius 3 is 2.18 bits per heavy atom. The maximum Gasteiger partial charge on any atom is 0.308 e. The number of piperidine rings is 1. The van der Waals surface area contributed by atoms with Crippen LogP contribution in [0.15, 0.2) is 60.5 Å². The van der Waals surface area contributed by atoms with Gasteiger partial charge in [-0.25, -0.2) is 0 Å². The lowest BCUT2D eigenvalue weighted by Crippen LogP contribution is -2.63. The van der Waals surface area contributed by atoms with Gasteiger partial charge in [0, 0.05) is 49.8 Å². The predicted molar refractivity (Wildman–Crippen MR) is 223 cm³/mol. The van der Waals surface area contributed by atoms with Crippen molar-refractivity contribution in [1.82, 2.24) is 14.4 Å². The Kier molecular flexibility index (Phi) is 16.2. The van der Waals surface area contributed by atoms with Gasteiger partial charge in [-0.3, -0.25) is 9.59 Å². The number of hydrogen-bond acceptors (Lipinski definition) is 10. The van der Waals surface area contributed by atoms with E-state index in [4.69, 9.17) is 14.2 Å². The number of ether oxygens (including phenoxy) is 3. The van der Waals surface area contributed by atoms with Gasteiger partial charge in [-0.05, 0) is 94.8 Å². The first-order chi connectivity index (χ1) is 27.0. The van der Waals surface area contributed by atoms with Crippen molar-refractivity contribution in [2.24, 2.45) is 35.5 Å². The van der Waals surface area contributed by atoms with Crippen LogP contribution in [0.25, 0.3) is 10.8 Å². The summed E-state index contributed by atoms with van der Waals surface area (Å²) >= 11 is 0. The monoisotopic (exact) mass is 794 g/mol. The second kappa shape index (κ2) is 20.4. The SMILES string of the molecule is CC[C@H]1OC(=O)C[C@@H](O)[C@H](C)[C@@H](O[C@@H]2O[C@H](C)[C@@H](O)[C@H](N(C)C)[C@H]2O)[C@@H](CCN2CC(C)CC(C)C2)C[C@@H](C)C(=O)/C=C/C(C)=C/[C@@H]1Cn1cc2ccccc2c1. The number of ketones is 1. The third-order valence-corrected chi connectivity index (χ3v) is 12.7. The third-order valence-electron chi connectivity index (χ3n) is 12.7. The van der Waals surface area contributed by atoms with Gasteiger partial charge in [0.1, 0.15) is 12.2 Å². The molecule has 0 radical (unpaired) electrons. The number of cyclic esters (lactones) is 1. The molecule has 3 aliphatic heterocycles. The number of benzene rings is 1. The summed E-state index contributed by atoms with van der Waals surface area (Å²) in [7, 11) is 3.60. The molecule has 0 spiro atoms. The molecule has 11 nitrogen and oxygen atoms in total. The molecule has 4 heterocycles. The molecule has 2 saturated heterocycles. The van der Waals surface area contributed by atoms with Crippen molar-refractivity contribution in [2.75, 3.05) is 33.7 Å². The average molecular weight is 794 g/mol. The maximum absolute atomic E-state index is 13.9. The molecule has 3 aliphatic rings. The van der Waals surface area contributed by atoms with Crippen molar-refractivity contribution >= 4 is 22.5 Å². The minimum atomic E-state index is -1.19. The number of hydrogen-bond donors (Lipinski definition) is 3. The summed E-state index contributed by atoms with van der Waals surface area (Å²) in [6.07, 6.45) is 6.24. The van der Waals surface area contributed by atoms with Crippen molar-refractivity contribution in [3.63, 3.8) is 0 Å². The maximum atomic E-state index is 13.9. The van der Waals surface area contributed by atoms with Gasteiger partial charge in [-0.2, -0.15) is 0 Å². The molecule has 5 rings (SSSR count). The summed E-state index contributed by atoms with van der Waals surface area (Å²) < 4.78 is 21.3. The molecule has 2 aromatic rings. The van der Waals surface area contributed by atoms with Crippen molar-refractivity contribution in [2.45, 2.75) is 136 Å². The Morgan fingerprint density at radius 2 is 1.56 bits per heavy atom. The van der Waals surface area contributed by atoms with Gasteiger partial charge in [0.2, 0.25) is 0 Å². The van der Waals surface area contributed by atoms with Crippen LogP contribution >= 0.6 is 0 Å². The average Bonchev–Trinajstić information content (AvgIpc) is 3.56. The summed E-state index contributed by atoms with van der Waals surface area (Å²) in [5.74, 6) is -0.767. The molecule has 0 bridgehead atoms. The summed E-state index contributed by atoms with van der Waals surface area (Å²) in [6.45, 7) is 17.4. The van der Waals surface area contributed by atoms with Crippen molar-refractivity contribution < 1.29 is 39.1 Å². The van der Waals surface area contributed by atoms with Crippen LogP contribution in [0.3, 0.4) is 0 Å². The van der Waals surface area contributed by atoms with Crippen LogP contribution in [0.5, 0.6) is 0 Å². The molecule has 14 atom stereocenters. The lowest BCUT2D eigenvalue weighted by Gasteiger charge is -2.47. The Balaban J connectivity index is 1.49. The summed E-state index contributed by atoms with van der Waals surface area (Å²) in [4.78, 5) is 32.0. The highest BCUT2D eigenvalue weighted by atomic mass is 16.7. The Labute approximate surface area is 341 Å². The number of carbonyl (C=O) groups is 2. The highest BCUT2D eigenvalue weighted by Gasteiger charge is 2.47. The van der Waals surface area contributed by atoms with Crippen molar-refractivity contribution in [3.8, 4) is 0 Å². The number of fused-ring (bicyclic) bond motifs is 1. The van der Waals surface area contributed by atoms with E-state index in [-0.39, 0.29) is 30.0 Å². The molecule has 1 aromatic heterocycles. The van der Waals surface area contributed by atoms with Crippen LogP contribution in [0.2, 0.25) is 0 Å². The minimum Gasteiger partial charge on any atom is -0.462 e. The van der Waals surface area contributed by atoms with E-state index in [1.54, 1.807) is 32.0 Å². The van der Waals surface area contributed by atoms with E-state index in [9.17, 15) is 24.9 Å². The van der Waals surface area contributed by atoms with Crippen molar-refractivity contribution in [1.29, 1.82) is 0 Å². The standard InChI is InChI=1S/C46H71N3O8/c1-10-40-37(27-49-25-35-13-11-12-14-36(35)26-49)20-28(2)15-16-38(50)31(5)21-34(17-18-48-23-29(3)19-30(4)24-48)45(32(6)39(51)22-41(52)56-40)57-46-44(54)42(47(8)9)43(53)33(7)55-46/h11-16,20,25-26,29-34,37,39-40,42-46,51,53-54H,10,17-19,21-24,27H2,1-9H3/b16-15+,28-20+/t29?,30?,31-,32+,33-,34+,37-,39-,40-,42+,43-,44-,45-,46+/m1/s1. The first-order valence-corrected chi connectivity index (χ1v) is 21.4. The fourth-order valence-corrected chi connectivity index (χ4v) is 9.67. The molecular weight excluding hydrogens is 723 g/mol. The Morgan fingerprint density at radius 1 is 0.912 bits per heavy atom. The normalized spacial score (nSPS) is 38.5. The third kappa shape index (κ3) is 11.9. The molecule has 2 fully saturated rings. The molecular formula is C46H71N3O8. The number of esters is 1. The summed E-state index contributed by atoms with van der Waals surface area (Å²) in [5, 5.41) is 36.8. The van der Waals surface area contributed by atoms with Crippen LogP contribution in [0.1, 0.15) is 80.6 Å². The number of aliphatic hydroxyl groups is 3. The topological polar surface area (TPSA) is 134 Å². The number of aliphatic hydroxyl groups excluding tert-OH is 3. The van der Waals surface area contributed by atoms with Gasteiger partial charge in [0.25, 0.3) is 0 Å². The van der Waals surface area contributed by atoms with Gasteiger partial charge in [-0.15, -0.1) is 0 Å². The first kappa shape index (κ1) is 45.2. The zero-order valence-electron chi connectivity index (χ0n) is 35.9. The van der Waals surface area contributed by atoms with Gasteiger partial charge in [-0.1, -0.05) is 76.6 Å². The fraction of sp³-hybridized carbons (Fsp3) is 0.696. The van der Waals surface area contributed by atoms with Gasteiger partial charge in [0.15, 0.2) is 12.1 Å². The zero-order valence-corrected chi connectivity index (χ0v) is 35.9. The molecule has 11 heteroatoms. The summed E-state index contributed by atoms with van der Waals surface area (Å²) in [5.41, 5.74) is 0.897. The molecule has 3 N–H and O–H groups in total. The number of likely N-dealkylation sites (N-methyl/N-ethyl adjacent to an activating group) is 1. The molecule has 57 heavy (non-hydrogen) atoms. The highest BCUT2D eigenvalue weighted by molar-refractivity contribution is 5.91. The van der Waals surface area contributed by atoms with Gasteiger partial charge < -0.3 is 43.9 Å².